The van der Waals surface area contributed by atoms with E-state index >= 15 is 0 Å². The molecule has 0 fully saturated rings. The van der Waals surface area contributed by atoms with Crippen LogP contribution in [0.1, 0.15) is 43.7 Å². The van der Waals surface area contributed by atoms with E-state index in [0.29, 0.717) is 5.66 Å². The van der Waals surface area contributed by atoms with Gasteiger partial charge in [0.05, 0.1) is 0 Å². The summed E-state index contributed by atoms with van der Waals surface area (Å²) in [5.74, 6) is 0. The first-order valence-corrected chi connectivity index (χ1v) is 9.94. The highest BCUT2D eigenvalue weighted by Gasteiger charge is 2.20. The Hall–Kier alpha value is -1.17. The van der Waals surface area contributed by atoms with Crippen molar-refractivity contribution in [2.45, 2.75) is 44.7 Å². The van der Waals surface area contributed by atoms with Gasteiger partial charge in [0.2, 0.25) is 0 Å². The number of hydrogen-bond acceptors (Lipinski definition) is 1. The molecular formula is C22H30NP. The number of rotatable bonds is 5. The van der Waals surface area contributed by atoms with Crippen LogP contribution in [0, 0.1) is 0 Å². The zero-order valence-corrected chi connectivity index (χ0v) is 16.2. The average molecular weight is 339 g/mol. The first-order chi connectivity index (χ1) is 11.6. The van der Waals surface area contributed by atoms with Crippen LogP contribution in [-0.2, 0) is 6.42 Å². The van der Waals surface area contributed by atoms with E-state index in [4.69, 9.17) is 0 Å². The van der Waals surface area contributed by atoms with E-state index in [1.807, 2.05) is 0 Å². The minimum absolute atomic E-state index is 0.650. The Morgan fingerprint density at radius 3 is 2.79 bits per heavy atom. The van der Waals surface area contributed by atoms with Crippen LogP contribution in [-0.4, -0.2) is 30.7 Å². The van der Waals surface area contributed by atoms with Crippen molar-refractivity contribution in [3.8, 4) is 0 Å². The highest BCUT2D eigenvalue weighted by molar-refractivity contribution is 7.17. The van der Waals surface area contributed by atoms with Gasteiger partial charge in [0.25, 0.3) is 0 Å². The molecule has 128 valence electrons. The summed E-state index contributed by atoms with van der Waals surface area (Å²) in [5, 5.41) is 0. The molecule has 3 rings (SSSR count). The Labute approximate surface area is 149 Å². The summed E-state index contributed by atoms with van der Waals surface area (Å²) in [6, 6.07) is 8.99. The predicted molar refractivity (Wildman–Crippen MR) is 109 cm³/mol. The van der Waals surface area contributed by atoms with Crippen molar-refractivity contribution < 1.29 is 0 Å². The first kappa shape index (κ1) is 17.6. The number of aryl methyl sites for hydroxylation is 1. The van der Waals surface area contributed by atoms with E-state index in [2.05, 4.69) is 70.6 Å². The van der Waals surface area contributed by atoms with Crippen molar-refractivity contribution in [3.05, 3.63) is 64.8 Å². The monoisotopic (exact) mass is 339 g/mol. The van der Waals surface area contributed by atoms with Crippen molar-refractivity contribution >= 4 is 14.8 Å². The molecule has 2 atom stereocenters. The molecule has 0 amide bonds. The summed E-state index contributed by atoms with van der Waals surface area (Å²) in [7, 11) is 5.12. The van der Waals surface area contributed by atoms with E-state index in [-0.39, 0.29) is 0 Å². The Morgan fingerprint density at radius 1 is 1.17 bits per heavy atom. The molecule has 0 heterocycles. The van der Waals surface area contributed by atoms with Gasteiger partial charge in [-0.2, -0.15) is 0 Å². The standard InChI is InChI=1S/C22H30NP/c1-17(24)16-23(2)15-7-12-22-20-10-5-3-8-18(20)13-14-19-9-4-6-11-21(19)22/h3,5,8-12,17H,4,6-7,13-16,24H2,1-2H3/b22-12+. The SMILES string of the molecule is CC(P)CN(C)CC/C=C1/C2=CCCC=C2CCc2ccccc21. The normalized spacial score (nSPS) is 20.1. The van der Waals surface area contributed by atoms with Crippen LogP contribution in [0.5, 0.6) is 0 Å². The van der Waals surface area contributed by atoms with E-state index in [1.54, 1.807) is 5.57 Å². The van der Waals surface area contributed by atoms with Gasteiger partial charge in [-0.15, -0.1) is 9.24 Å². The zero-order valence-electron chi connectivity index (χ0n) is 15.1. The van der Waals surface area contributed by atoms with Crippen molar-refractivity contribution in [1.29, 1.82) is 0 Å². The molecule has 1 aromatic carbocycles. The molecule has 0 aliphatic heterocycles. The van der Waals surface area contributed by atoms with E-state index in [9.17, 15) is 0 Å². The number of nitrogens with zero attached hydrogens (tertiary/aromatic N) is 1. The van der Waals surface area contributed by atoms with Gasteiger partial charge < -0.3 is 4.90 Å². The summed E-state index contributed by atoms with van der Waals surface area (Å²) in [6.45, 7) is 4.51. The average Bonchev–Trinajstić information content (AvgIpc) is 2.72. The summed E-state index contributed by atoms with van der Waals surface area (Å²) in [6.07, 6.45) is 13.3. The molecule has 1 nitrogen and oxygen atoms in total. The molecule has 0 bridgehead atoms. The van der Waals surface area contributed by atoms with Gasteiger partial charge in [-0.25, -0.2) is 0 Å². The largest absolute Gasteiger partial charge is 0.305 e. The lowest BCUT2D eigenvalue weighted by atomic mass is 9.88. The van der Waals surface area contributed by atoms with Crippen LogP contribution in [0.25, 0.3) is 5.57 Å². The quantitative estimate of drug-likeness (QED) is 0.662. The second kappa shape index (κ2) is 8.28. The molecule has 0 saturated heterocycles. The van der Waals surface area contributed by atoms with E-state index in [1.165, 1.54) is 48.0 Å². The molecule has 0 aromatic heterocycles. The Morgan fingerprint density at radius 2 is 1.96 bits per heavy atom. The molecule has 0 radical (unpaired) electrons. The highest BCUT2D eigenvalue weighted by atomic mass is 31.0. The number of benzene rings is 1. The van der Waals surface area contributed by atoms with Gasteiger partial charge in [-0.05, 0) is 72.7 Å². The van der Waals surface area contributed by atoms with Crippen LogP contribution in [0.3, 0.4) is 0 Å². The van der Waals surface area contributed by atoms with Crippen molar-refractivity contribution in [2.75, 3.05) is 20.1 Å². The second-order valence-electron chi connectivity index (χ2n) is 7.23. The van der Waals surface area contributed by atoms with Crippen LogP contribution in [0.4, 0.5) is 0 Å². The summed E-state index contributed by atoms with van der Waals surface area (Å²) >= 11 is 0. The van der Waals surface area contributed by atoms with Gasteiger partial charge in [-0.1, -0.05) is 49.4 Å². The maximum atomic E-state index is 2.89. The molecule has 0 saturated carbocycles. The second-order valence-corrected chi connectivity index (χ2v) is 8.37. The molecule has 0 N–H and O–H groups in total. The van der Waals surface area contributed by atoms with E-state index < -0.39 is 0 Å². The highest BCUT2D eigenvalue weighted by Crippen LogP contribution is 2.39. The fourth-order valence-electron chi connectivity index (χ4n) is 3.89. The smallest absolute Gasteiger partial charge is 0.00387 e. The predicted octanol–water partition coefficient (Wildman–Crippen LogP) is 5.25. The molecule has 24 heavy (non-hydrogen) atoms. The summed E-state index contributed by atoms with van der Waals surface area (Å²) in [5.41, 5.74) is 8.16. The molecule has 0 spiro atoms. The first-order valence-electron chi connectivity index (χ1n) is 9.27. The van der Waals surface area contributed by atoms with Gasteiger partial charge >= 0.3 is 0 Å². The molecular weight excluding hydrogens is 309 g/mol. The maximum Gasteiger partial charge on any atom is 0.00387 e. The summed E-state index contributed by atoms with van der Waals surface area (Å²) in [4.78, 5) is 2.43. The van der Waals surface area contributed by atoms with Gasteiger partial charge in [0.1, 0.15) is 0 Å². The van der Waals surface area contributed by atoms with Crippen LogP contribution in [0.2, 0.25) is 0 Å². The van der Waals surface area contributed by atoms with Gasteiger partial charge in [0, 0.05) is 13.1 Å². The van der Waals surface area contributed by atoms with Crippen molar-refractivity contribution in [1.82, 2.24) is 4.90 Å². The lowest BCUT2D eigenvalue weighted by Gasteiger charge is -2.20. The number of allylic oxidation sites excluding steroid dienone is 5. The molecule has 2 aliphatic carbocycles. The lowest BCUT2D eigenvalue weighted by molar-refractivity contribution is 0.345. The third-order valence-electron chi connectivity index (χ3n) is 4.97. The fourth-order valence-corrected chi connectivity index (χ4v) is 4.25. The number of fused-ring (bicyclic) bond motifs is 2. The van der Waals surface area contributed by atoms with Gasteiger partial charge in [0.15, 0.2) is 0 Å². The Bertz CT molecular complexity index is 666. The lowest BCUT2D eigenvalue weighted by Crippen LogP contribution is -2.25. The zero-order chi connectivity index (χ0) is 16.9. The van der Waals surface area contributed by atoms with Gasteiger partial charge in [-0.3, -0.25) is 0 Å². The third-order valence-corrected chi connectivity index (χ3v) is 5.18. The molecule has 1 aromatic rings. The van der Waals surface area contributed by atoms with E-state index in [0.717, 1.165) is 19.5 Å². The molecule has 2 heteroatoms. The molecule has 2 aliphatic rings. The minimum Gasteiger partial charge on any atom is -0.305 e. The summed E-state index contributed by atoms with van der Waals surface area (Å²) < 4.78 is 0. The Kier molecular flexibility index (Phi) is 6.09. The third kappa shape index (κ3) is 4.26. The van der Waals surface area contributed by atoms with Crippen molar-refractivity contribution in [2.24, 2.45) is 0 Å². The van der Waals surface area contributed by atoms with Crippen LogP contribution in [0.15, 0.2) is 53.6 Å². The number of hydrogen-bond donors (Lipinski definition) is 0. The molecule has 2 unspecified atom stereocenters. The fraction of sp³-hybridized carbons (Fsp3) is 0.455. The minimum atomic E-state index is 0.650. The van der Waals surface area contributed by atoms with Crippen LogP contribution >= 0.6 is 9.24 Å². The topological polar surface area (TPSA) is 3.24 Å². The van der Waals surface area contributed by atoms with Crippen molar-refractivity contribution in [3.63, 3.8) is 0 Å². The Balaban J connectivity index is 1.85. The van der Waals surface area contributed by atoms with Crippen LogP contribution < -0.4 is 0 Å². The maximum absolute atomic E-state index is 2.89.